The molecule has 0 bridgehead atoms. The van der Waals surface area contributed by atoms with Gasteiger partial charge in [-0.15, -0.1) is 0 Å². The number of hydrogen-bond donors (Lipinski definition) is 13. The van der Waals surface area contributed by atoms with Crippen LogP contribution < -0.4 is 39.3 Å². The molecule has 2 aliphatic heterocycles. The van der Waals surface area contributed by atoms with Crippen LogP contribution in [0.5, 0.6) is 0 Å². The van der Waals surface area contributed by atoms with Crippen LogP contribution in [0.4, 0.5) is 0 Å². The number of hydrogen-bond acceptors (Lipinski definition) is 17. The highest BCUT2D eigenvalue weighted by Gasteiger charge is 2.51. The molecule has 0 aromatic heterocycles. The Morgan fingerprint density at radius 2 is 1.57 bits per heavy atom. The van der Waals surface area contributed by atoms with Crippen molar-refractivity contribution in [1.29, 1.82) is 0 Å². The van der Waals surface area contributed by atoms with Gasteiger partial charge in [-0.2, -0.15) is 0 Å². The quantitative estimate of drug-likeness (QED) is 0.0859. The molecule has 0 spiro atoms. The number of rotatable bonds is 13. The number of carbonyl (C=O) groups excluding carboxylic acids is 1. The van der Waals surface area contributed by atoms with Crippen molar-refractivity contribution in [2.75, 3.05) is 32.8 Å². The van der Waals surface area contributed by atoms with Gasteiger partial charge in [0.25, 0.3) is 0 Å². The maximum absolute atomic E-state index is 12.5. The molecule has 0 radical (unpaired) electrons. The van der Waals surface area contributed by atoms with Gasteiger partial charge in [0.15, 0.2) is 12.6 Å². The van der Waals surface area contributed by atoms with Crippen LogP contribution in [0.3, 0.4) is 0 Å². The summed E-state index contributed by atoms with van der Waals surface area (Å²) in [6.45, 7) is -0.0637. The Hall–Kier alpha value is -1.17. The van der Waals surface area contributed by atoms with Crippen LogP contribution in [0.25, 0.3) is 0 Å². The van der Waals surface area contributed by atoms with Crippen molar-refractivity contribution in [1.82, 2.24) is 10.6 Å². The summed E-state index contributed by atoms with van der Waals surface area (Å²) >= 11 is 0. The van der Waals surface area contributed by atoms with Crippen molar-refractivity contribution in [3.8, 4) is 0 Å². The summed E-state index contributed by atoms with van der Waals surface area (Å²) in [6, 6.07) is -3.71. The summed E-state index contributed by atoms with van der Waals surface area (Å²) in [6.07, 6.45) is -13.1. The van der Waals surface area contributed by atoms with Gasteiger partial charge in [-0.05, 0) is 32.4 Å². The molecule has 42 heavy (non-hydrogen) atoms. The lowest BCUT2D eigenvalue weighted by Gasteiger charge is -2.49. The standard InChI is InChI=1S/C24H49N7O11/c25-2-1-3-30-11-5-12(33)14(7-27)39-23(11)41-20-9(28)4-10(31-22(38)13(34)6-26)21(19(20)37)42-24-18(36)16(29)17(35)15(8-32)40-24/h9-21,23-24,30,32-37H,1-8,25-29H2,(H,31,38)/t9-,10+,11+,12-,13-,14+,15+,16-,17+,18+,19-,20?,21-,23+,24+/m0/s1. The molecule has 3 aliphatic rings. The molecule has 18 heteroatoms. The molecule has 2 heterocycles. The van der Waals surface area contributed by atoms with E-state index in [2.05, 4.69) is 10.6 Å². The third kappa shape index (κ3) is 8.30. The predicted molar refractivity (Wildman–Crippen MR) is 145 cm³/mol. The normalized spacial score (nSPS) is 43.6. The summed E-state index contributed by atoms with van der Waals surface area (Å²) in [4.78, 5) is 12.5. The lowest BCUT2D eigenvalue weighted by Crippen LogP contribution is -2.69. The van der Waals surface area contributed by atoms with Gasteiger partial charge in [0.1, 0.15) is 42.7 Å². The zero-order valence-corrected chi connectivity index (χ0v) is 23.4. The van der Waals surface area contributed by atoms with Crippen LogP contribution in [0.2, 0.25) is 0 Å². The first-order chi connectivity index (χ1) is 20.0. The van der Waals surface area contributed by atoms with Crippen molar-refractivity contribution in [2.24, 2.45) is 28.7 Å². The van der Waals surface area contributed by atoms with Crippen LogP contribution in [-0.4, -0.2) is 161 Å². The molecule has 0 aromatic rings. The van der Waals surface area contributed by atoms with E-state index < -0.39 is 104 Å². The van der Waals surface area contributed by atoms with Gasteiger partial charge in [-0.25, -0.2) is 0 Å². The summed E-state index contributed by atoms with van der Waals surface area (Å²) < 4.78 is 23.6. The van der Waals surface area contributed by atoms with E-state index >= 15 is 0 Å². The smallest absolute Gasteiger partial charge is 0.250 e. The average Bonchev–Trinajstić information content (AvgIpc) is 2.97. The van der Waals surface area contributed by atoms with Gasteiger partial charge >= 0.3 is 0 Å². The maximum Gasteiger partial charge on any atom is 0.250 e. The van der Waals surface area contributed by atoms with E-state index in [4.69, 9.17) is 47.6 Å². The van der Waals surface area contributed by atoms with Crippen LogP contribution in [0, 0.1) is 0 Å². The maximum atomic E-state index is 12.5. The van der Waals surface area contributed by atoms with Gasteiger partial charge in [-0.1, -0.05) is 0 Å². The zero-order valence-electron chi connectivity index (χ0n) is 23.4. The number of carbonyl (C=O) groups is 1. The van der Waals surface area contributed by atoms with Crippen molar-refractivity contribution >= 4 is 5.91 Å². The first-order valence-corrected chi connectivity index (χ1v) is 14.2. The Morgan fingerprint density at radius 3 is 2.19 bits per heavy atom. The van der Waals surface area contributed by atoms with Crippen molar-refractivity contribution in [3.63, 3.8) is 0 Å². The summed E-state index contributed by atoms with van der Waals surface area (Å²) in [5.41, 5.74) is 29.1. The molecule has 18 nitrogen and oxygen atoms in total. The third-order valence-electron chi connectivity index (χ3n) is 7.97. The average molecular weight is 612 g/mol. The Balaban J connectivity index is 1.85. The van der Waals surface area contributed by atoms with E-state index in [0.29, 0.717) is 19.5 Å². The van der Waals surface area contributed by atoms with Gasteiger partial charge in [0.05, 0.1) is 36.9 Å². The Labute approximate surface area is 243 Å². The zero-order chi connectivity index (χ0) is 31.1. The number of ether oxygens (including phenoxy) is 4. The molecule has 1 saturated carbocycles. The van der Waals surface area contributed by atoms with E-state index in [0.717, 1.165) is 0 Å². The monoisotopic (exact) mass is 611 g/mol. The first kappa shape index (κ1) is 35.3. The van der Waals surface area contributed by atoms with Crippen molar-refractivity contribution < 1.29 is 54.4 Å². The molecule has 1 aliphatic carbocycles. The molecule has 2 saturated heterocycles. The minimum atomic E-state index is -1.58. The number of aliphatic hydroxyl groups is 6. The molecular formula is C24H49N7O11. The second kappa shape index (κ2) is 16.2. The van der Waals surface area contributed by atoms with Crippen molar-refractivity contribution in [3.05, 3.63) is 0 Å². The van der Waals surface area contributed by atoms with Crippen LogP contribution in [0.15, 0.2) is 0 Å². The second-order valence-corrected chi connectivity index (χ2v) is 11.0. The van der Waals surface area contributed by atoms with Crippen LogP contribution in [-0.2, 0) is 23.7 Å². The fraction of sp³-hybridized carbons (Fsp3) is 0.958. The molecule has 3 rings (SSSR count). The molecule has 3 fully saturated rings. The summed E-state index contributed by atoms with van der Waals surface area (Å²) in [7, 11) is 0. The summed E-state index contributed by atoms with van der Waals surface area (Å²) in [5.74, 6) is -0.847. The number of nitrogens with two attached hydrogens (primary N) is 5. The molecule has 1 unspecified atom stereocenters. The van der Waals surface area contributed by atoms with Crippen LogP contribution >= 0.6 is 0 Å². The number of amides is 1. The number of aliphatic hydroxyl groups excluding tert-OH is 6. The molecular weight excluding hydrogens is 562 g/mol. The third-order valence-corrected chi connectivity index (χ3v) is 7.97. The summed E-state index contributed by atoms with van der Waals surface area (Å²) in [5, 5.41) is 68.2. The minimum absolute atomic E-state index is 0.00810. The lowest BCUT2D eigenvalue weighted by molar-refractivity contribution is -0.316. The SMILES string of the molecule is NCCCN[C@@H]1C[C@H](O)[C@@H](CN)O[C@@H]1OC1[C@@H](N)C[C@@H](NC(=O)[C@@H](O)CN)[C@H](O[C@H]2O[C@H](CO)[C@@H](O)[C@H](N)[C@H]2O)[C@H]1O. The topological polar surface area (TPSA) is 330 Å². The highest BCUT2D eigenvalue weighted by atomic mass is 16.7. The highest BCUT2D eigenvalue weighted by Crippen LogP contribution is 2.32. The Morgan fingerprint density at radius 1 is 0.905 bits per heavy atom. The predicted octanol–water partition coefficient (Wildman–Crippen LogP) is -7.84. The van der Waals surface area contributed by atoms with E-state index in [1.807, 2.05) is 0 Å². The molecule has 0 aromatic carbocycles. The lowest BCUT2D eigenvalue weighted by atomic mass is 9.83. The van der Waals surface area contributed by atoms with Crippen LogP contribution in [0.1, 0.15) is 19.3 Å². The molecule has 246 valence electrons. The van der Waals surface area contributed by atoms with E-state index in [1.54, 1.807) is 0 Å². The molecule has 1 amide bonds. The van der Waals surface area contributed by atoms with Crippen molar-refractivity contribution in [2.45, 2.75) is 111 Å². The Bertz CT molecular complexity index is 836. The van der Waals surface area contributed by atoms with Gasteiger partial charge in [0.2, 0.25) is 5.91 Å². The number of nitrogens with one attached hydrogen (secondary N) is 2. The van der Waals surface area contributed by atoms with E-state index in [9.17, 15) is 35.4 Å². The molecule has 18 N–H and O–H groups in total. The largest absolute Gasteiger partial charge is 0.394 e. The van der Waals surface area contributed by atoms with E-state index in [-0.39, 0.29) is 25.9 Å². The first-order valence-electron chi connectivity index (χ1n) is 14.2. The highest BCUT2D eigenvalue weighted by molar-refractivity contribution is 5.81. The fourth-order valence-electron chi connectivity index (χ4n) is 5.45. The Kier molecular flexibility index (Phi) is 13.6. The fourth-order valence-corrected chi connectivity index (χ4v) is 5.45. The second-order valence-electron chi connectivity index (χ2n) is 11.0. The van der Waals surface area contributed by atoms with Gasteiger partial charge in [0, 0.05) is 19.1 Å². The minimum Gasteiger partial charge on any atom is -0.394 e. The van der Waals surface area contributed by atoms with Gasteiger partial charge < -0.3 is 88.9 Å². The van der Waals surface area contributed by atoms with Gasteiger partial charge in [-0.3, -0.25) is 4.79 Å². The van der Waals surface area contributed by atoms with E-state index in [1.165, 1.54) is 0 Å². The molecule has 15 atom stereocenters.